The summed E-state index contributed by atoms with van der Waals surface area (Å²) in [5.41, 5.74) is 2.34. The summed E-state index contributed by atoms with van der Waals surface area (Å²) in [4.78, 5) is 12.6. The third-order valence-electron chi connectivity index (χ3n) is 5.22. The molecular weight excluding hydrogens is 424 g/mol. The molecular formula is C22H21ClN2O4S. The van der Waals surface area contributed by atoms with Crippen molar-refractivity contribution >= 4 is 27.5 Å². The van der Waals surface area contributed by atoms with E-state index in [4.69, 9.17) is 16.0 Å². The highest BCUT2D eigenvalue weighted by Gasteiger charge is 2.30. The minimum atomic E-state index is -3.86. The van der Waals surface area contributed by atoms with Crippen molar-refractivity contribution in [3.8, 4) is 0 Å². The van der Waals surface area contributed by atoms with E-state index in [1.807, 2.05) is 24.3 Å². The van der Waals surface area contributed by atoms with Gasteiger partial charge in [0.05, 0.1) is 17.3 Å². The summed E-state index contributed by atoms with van der Waals surface area (Å²) < 4.78 is 33.3. The fourth-order valence-electron chi connectivity index (χ4n) is 3.55. The SMILES string of the molecule is C[C@H](NC(=O)c1ccc(Cl)c(S(=O)(=O)N2CCc3ccccc3C2)c1)c1ccco1. The van der Waals surface area contributed by atoms with Gasteiger partial charge in [0.1, 0.15) is 10.7 Å². The number of nitrogens with one attached hydrogen (secondary N) is 1. The maximum atomic E-state index is 13.3. The van der Waals surface area contributed by atoms with Crippen molar-refractivity contribution in [1.29, 1.82) is 0 Å². The van der Waals surface area contributed by atoms with Crippen molar-refractivity contribution in [1.82, 2.24) is 9.62 Å². The van der Waals surface area contributed by atoms with Crippen molar-refractivity contribution in [2.45, 2.75) is 30.8 Å². The second-order valence-electron chi connectivity index (χ2n) is 7.21. The highest BCUT2D eigenvalue weighted by atomic mass is 35.5. The molecule has 1 N–H and O–H groups in total. The van der Waals surface area contributed by atoms with Crippen molar-refractivity contribution in [3.63, 3.8) is 0 Å². The van der Waals surface area contributed by atoms with Crippen LogP contribution >= 0.6 is 11.6 Å². The highest BCUT2D eigenvalue weighted by Crippen LogP contribution is 2.30. The molecule has 30 heavy (non-hydrogen) atoms. The average Bonchev–Trinajstić information content (AvgIpc) is 3.28. The number of hydrogen-bond acceptors (Lipinski definition) is 4. The summed E-state index contributed by atoms with van der Waals surface area (Å²) in [7, 11) is -3.86. The fraction of sp³-hybridized carbons (Fsp3) is 0.227. The summed E-state index contributed by atoms with van der Waals surface area (Å²) in [6.45, 7) is 2.43. The summed E-state index contributed by atoms with van der Waals surface area (Å²) in [5, 5.41) is 2.89. The molecule has 0 unspecified atom stereocenters. The van der Waals surface area contributed by atoms with Crippen LogP contribution in [0.3, 0.4) is 0 Å². The van der Waals surface area contributed by atoms with Gasteiger partial charge in [0.2, 0.25) is 10.0 Å². The Bertz CT molecular complexity index is 1180. The van der Waals surface area contributed by atoms with Crippen molar-refractivity contribution in [2.24, 2.45) is 0 Å². The van der Waals surface area contributed by atoms with Crippen molar-refractivity contribution < 1.29 is 17.6 Å². The van der Waals surface area contributed by atoms with Crippen LogP contribution in [0.1, 0.15) is 40.2 Å². The molecule has 2 heterocycles. The van der Waals surface area contributed by atoms with Crippen LogP contribution in [0.15, 0.2) is 70.2 Å². The zero-order valence-electron chi connectivity index (χ0n) is 16.3. The van der Waals surface area contributed by atoms with Gasteiger partial charge >= 0.3 is 0 Å². The van der Waals surface area contributed by atoms with Crippen LogP contribution in [0, 0.1) is 0 Å². The summed E-state index contributed by atoms with van der Waals surface area (Å²) in [5.74, 6) is 0.202. The predicted molar refractivity (Wildman–Crippen MR) is 114 cm³/mol. The molecule has 1 atom stereocenters. The Balaban J connectivity index is 1.59. The van der Waals surface area contributed by atoms with Gasteiger partial charge in [-0.05, 0) is 54.8 Å². The number of carbonyl (C=O) groups is 1. The van der Waals surface area contributed by atoms with Gasteiger partial charge in [-0.3, -0.25) is 4.79 Å². The molecule has 1 aliphatic heterocycles. The summed E-state index contributed by atoms with van der Waals surface area (Å²) in [6, 6.07) is 15.2. The fourth-order valence-corrected chi connectivity index (χ4v) is 5.46. The molecule has 1 amide bonds. The average molecular weight is 445 g/mol. The molecule has 1 aromatic heterocycles. The zero-order chi connectivity index (χ0) is 21.3. The van der Waals surface area contributed by atoms with Crippen LogP contribution in [0.4, 0.5) is 0 Å². The third-order valence-corrected chi connectivity index (χ3v) is 7.55. The van der Waals surface area contributed by atoms with E-state index in [0.29, 0.717) is 18.7 Å². The van der Waals surface area contributed by atoms with Gasteiger partial charge in [-0.2, -0.15) is 4.31 Å². The lowest BCUT2D eigenvalue weighted by Gasteiger charge is -2.28. The van der Waals surface area contributed by atoms with E-state index in [9.17, 15) is 13.2 Å². The lowest BCUT2D eigenvalue weighted by Crippen LogP contribution is -2.36. The molecule has 1 aliphatic rings. The van der Waals surface area contributed by atoms with E-state index in [1.165, 1.54) is 28.8 Å². The third kappa shape index (κ3) is 4.01. The number of nitrogens with zero attached hydrogens (tertiary/aromatic N) is 1. The first-order valence-electron chi connectivity index (χ1n) is 9.57. The van der Waals surface area contributed by atoms with Gasteiger partial charge in [-0.25, -0.2) is 8.42 Å². The summed E-state index contributed by atoms with van der Waals surface area (Å²) >= 11 is 6.24. The minimum absolute atomic E-state index is 0.0677. The van der Waals surface area contributed by atoms with Crippen LogP contribution < -0.4 is 5.32 Å². The van der Waals surface area contributed by atoms with E-state index in [1.54, 1.807) is 19.1 Å². The molecule has 0 saturated heterocycles. The molecule has 4 rings (SSSR count). The quantitative estimate of drug-likeness (QED) is 0.640. The van der Waals surface area contributed by atoms with Gasteiger partial charge in [0, 0.05) is 18.7 Å². The predicted octanol–water partition coefficient (Wildman–Crippen LogP) is 4.17. The number of amides is 1. The van der Waals surface area contributed by atoms with E-state index in [2.05, 4.69) is 5.32 Å². The standard InChI is InChI=1S/C22H21ClN2O4S/c1-15(20-7-4-12-29-20)24-22(26)17-8-9-19(23)21(13-17)30(27,28)25-11-10-16-5-2-3-6-18(16)14-25/h2-9,12-13,15H,10-11,14H2,1H3,(H,24,26)/t15-/m0/s1. The first-order valence-corrected chi connectivity index (χ1v) is 11.4. The molecule has 156 valence electrons. The van der Waals surface area contributed by atoms with Gasteiger partial charge in [0.25, 0.3) is 5.91 Å². The Kier molecular flexibility index (Phi) is 5.69. The molecule has 3 aromatic rings. The Morgan fingerprint density at radius 1 is 1.13 bits per heavy atom. The molecule has 0 radical (unpaired) electrons. The maximum absolute atomic E-state index is 13.3. The molecule has 0 spiro atoms. The molecule has 8 heteroatoms. The number of sulfonamides is 1. The Morgan fingerprint density at radius 3 is 2.63 bits per heavy atom. The van der Waals surface area contributed by atoms with Gasteiger partial charge in [-0.15, -0.1) is 0 Å². The monoisotopic (exact) mass is 444 g/mol. The second kappa shape index (κ2) is 8.26. The zero-order valence-corrected chi connectivity index (χ0v) is 17.9. The van der Waals surface area contributed by atoms with Crippen molar-refractivity contribution in [2.75, 3.05) is 6.54 Å². The van der Waals surface area contributed by atoms with Crippen LogP contribution in [-0.2, 0) is 23.0 Å². The Labute approximate surface area is 180 Å². The van der Waals surface area contributed by atoms with E-state index >= 15 is 0 Å². The van der Waals surface area contributed by atoms with E-state index < -0.39 is 15.9 Å². The molecule has 0 saturated carbocycles. The second-order valence-corrected chi connectivity index (χ2v) is 9.53. The van der Waals surface area contributed by atoms with Crippen LogP contribution in [0.25, 0.3) is 0 Å². The molecule has 0 aliphatic carbocycles. The normalized spacial score (nSPS) is 15.4. The number of furan rings is 1. The number of rotatable bonds is 5. The summed E-state index contributed by atoms with van der Waals surface area (Å²) in [6.07, 6.45) is 2.16. The topological polar surface area (TPSA) is 79.6 Å². The first kappa shape index (κ1) is 20.7. The number of fused-ring (bicyclic) bond motifs is 1. The number of halogens is 1. The number of hydrogen-bond donors (Lipinski definition) is 1. The first-order chi connectivity index (χ1) is 14.4. The number of benzene rings is 2. The van der Waals surface area contributed by atoms with E-state index in [-0.39, 0.29) is 28.1 Å². The molecule has 0 fully saturated rings. The minimum Gasteiger partial charge on any atom is -0.467 e. The van der Waals surface area contributed by atoms with Crippen molar-refractivity contribution in [3.05, 3.63) is 88.3 Å². The van der Waals surface area contributed by atoms with Gasteiger partial charge < -0.3 is 9.73 Å². The van der Waals surface area contributed by atoms with Gasteiger partial charge in [0.15, 0.2) is 0 Å². The lowest BCUT2D eigenvalue weighted by atomic mass is 10.0. The Morgan fingerprint density at radius 2 is 1.90 bits per heavy atom. The molecule has 6 nitrogen and oxygen atoms in total. The number of carbonyl (C=O) groups excluding carboxylic acids is 1. The van der Waals surface area contributed by atoms with Crippen LogP contribution in [-0.4, -0.2) is 25.2 Å². The smallest absolute Gasteiger partial charge is 0.251 e. The maximum Gasteiger partial charge on any atom is 0.251 e. The van der Waals surface area contributed by atoms with Gasteiger partial charge in [-0.1, -0.05) is 35.9 Å². The Hall–Kier alpha value is -2.61. The van der Waals surface area contributed by atoms with Crippen LogP contribution in [0.2, 0.25) is 5.02 Å². The largest absolute Gasteiger partial charge is 0.467 e. The highest BCUT2D eigenvalue weighted by molar-refractivity contribution is 7.89. The lowest BCUT2D eigenvalue weighted by molar-refractivity contribution is 0.0935. The molecule has 2 aromatic carbocycles. The van der Waals surface area contributed by atoms with E-state index in [0.717, 1.165) is 11.1 Å². The molecule has 0 bridgehead atoms. The van der Waals surface area contributed by atoms with Crippen LogP contribution in [0.5, 0.6) is 0 Å².